The molecule has 0 unspecified atom stereocenters. The van der Waals surface area contributed by atoms with Crippen molar-refractivity contribution in [1.29, 1.82) is 0 Å². The molecule has 0 fully saturated rings. The van der Waals surface area contributed by atoms with Gasteiger partial charge in [0.05, 0.1) is 5.02 Å². The first-order valence-corrected chi connectivity index (χ1v) is 7.72. The molecule has 0 saturated carbocycles. The molecule has 5 nitrogen and oxygen atoms in total. The summed E-state index contributed by atoms with van der Waals surface area (Å²) in [5.41, 5.74) is 0. The van der Waals surface area contributed by atoms with Crippen LogP contribution in [-0.4, -0.2) is 30.1 Å². The highest BCUT2D eigenvalue weighted by molar-refractivity contribution is 9.10. The highest BCUT2D eigenvalue weighted by Gasteiger charge is 2.06. The summed E-state index contributed by atoms with van der Waals surface area (Å²) in [4.78, 5) is 21.9. The van der Waals surface area contributed by atoms with Crippen molar-refractivity contribution in [3.05, 3.63) is 27.7 Å². The summed E-state index contributed by atoms with van der Waals surface area (Å²) in [6.45, 7) is 0.409. The molecule has 116 valence electrons. The summed E-state index contributed by atoms with van der Waals surface area (Å²) >= 11 is 9.25. The monoisotopic (exact) mass is 377 g/mol. The predicted octanol–water partition coefficient (Wildman–Crippen LogP) is 3.24. The maximum atomic E-state index is 11.6. The fraction of sp³-hybridized carbons (Fsp3) is 0.429. The maximum absolute atomic E-state index is 11.6. The zero-order valence-corrected chi connectivity index (χ0v) is 13.7. The lowest BCUT2D eigenvalue weighted by Gasteiger charge is -2.09. The number of rotatable bonds is 9. The lowest BCUT2D eigenvalue weighted by Crippen LogP contribution is -2.29. The van der Waals surface area contributed by atoms with Crippen LogP contribution < -0.4 is 10.1 Å². The average molecular weight is 379 g/mol. The molecule has 21 heavy (non-hydrogen) atoms. The molecule has 0 aliphatic rings. The number of carboxylic acids is 1. The third-order valence-electron chi connectivity index (χ3n) is 2.64. The van der Waals surface area contributed by atoms with E-state index in [0.717, 1.165) is 17.3 Å². The van der Waals surface area contributed by atoms with Crippen molar-refractivity contribution in [3.63, 3.8) is 0 Å². The van der Waals surface area contributed by atoms with Gasteiger partial charge in [0.2, 0.25) is 0 Å². The molecular weight excluding hydrogens is 362 g/mol. The first kappa shape index (κ1) is 17.8. The van der Waals surface area contributed by atoms with Gasteiger partial charge in [0, 0.05) is 17.4 Å². The second-order valence-corrected chi connectivity index (χ2v) is 5.74. The van der Waals surface area contributed by atoms with Crippen LogP contribution in [0.1, 0.15) is 25.7 Å². The number of hydrogen-bond acceptors (Lipinski definition) is 3. The van der Waals surface area contributed by atoms with Crippen LogP contribution in [0.3, 0.4) is 0 Å². The number of nitrogens with one attached hydrogen (secondary N) is 1. The first-order chi connectivity index (χ1) is 9.99. The summed E-state index contributed by atoms with van der Waals surface area (Å²) in [7, 11) is 0. The molecule has 7 heteroatoms. The molecule has 0 radical (unpaired) electrons. The smallest absolute Gasteiger partial charge is 0.303 e. The van der Waals surface area contributed by atoms with Crippen molar-refractivity contribution in [3.8, 4) is 5.75 Å². The Morgan fingerprint density at radius 3 is 2.71 bits per heavy atom. The number of carbonyl (C=O) groups is 2. The number of aliphatic carboxylic acids is 1. The van der Waals surface area contributed by atoms with Crippen LogP contribution >= 0.6 is 27.5 Å². The van der Waals surface area contributed by atoms with E-state index >= 15 is 0 Å². The molecule has 1 rings (SSSR count). The number of amides is 1. The van der Waals surface area contributed by atoms with Crippen LogP contribution in [0.25, 0.3) is 0 Å². The van der Waals surface area contributed by atoms with E-state index in [-0.39, 0.29) is 18.9 Å². The van der Waals surface area contributed by atoms with Crippen molar-refractivity contribution in [2.75, 3.05) is 13.2 Å². The Morgan fingerprint density at radius 2 is 2.05 bits per heavy atom. The number of unbranched alkanes of at least 4 members (excludes halogenated alkanes) is 2. The van der Waals surface area contributed by atoms with Gasteiger partial charge in [0.1, 0.15) is 5.75 Å². The quantitative estimate of drug-likeness (QED) is 0.647. The van der Waals surface area contributed by atoms with E-state index in [4.69, 9.17) is 21.4 Å². The van der Waals surface area contributed by atoms with Crippen molar-refractivity contribution >= 4 is 39.4 Å². The Morgan fingerprint density at radius 1 is 1.29 bits per heavy atom. The molecule has 1 aromatic carbocycles. The Balaban J connectivity index is 2.15. The zero-order chi connectivity index (χ0) is 15.7. The third kappa shape index (κ3) is 7.92. The predicted molar refractivity (Wildman–Crippen MR) is 83.8 cm³/mol. The van der Waals surface area contributed by atoms with E-state index in [1.807, 2.05) is 0 Å². The highest BCUT2D eigenvalue weighted by Crippen LogP contribution is 2.27. The SMILES string of the molecule is O=C(O)CCCCCNC(=O)COc1ccc(Br)cc1Cl. The van der Waals surface area contributed by atoms with Gasteiger partial charge in [0.15, 0.2) is 6.61 Å². The summed E-state index contributed by atoms with van der Waals surface area (Å²) < 4.78 is 6.16. The van der Waals surface area contributed by atoms with Gasteiger partial charge in [-0.05, 0) is 31.0 Å². The molecule has 2 N–H and O–H groups in total. The third-order valence-corrected chi connectivity index (χ3v) is 3.43. The largest absolute Gasteiger partial charge is 0.482 e. The van der Waals surface area contributed by atoms with E-state index in [1.165, 1.54) is 0 Å². The minimum atomic E-state index is -0.793. The molecule has 0 aliphatic heterocycles. The van der Waals surface area contributed by atoms with Crippen LogP contribution in [0.5, 0.6) is 5.75 Å². The number of benzene rings is 1. The van der Waals surface area contributed by atoms with Crippen LogP contribution in [0.2, 0.25) is 5.02 Å². The maximum Gasteiger partial charge on any atom is 0.303 e. The fourth-order valence-electron chi connectivity index (χ4n) is 1.59. The summed E-state index contributed by atoms with van der Waals surface area (Å²) in [6, 6.07) is 5.16. The zero-order valence-electron chi connectivity index (χ0n) is 11.4. The van der Waals surface area contributed by atoms with E-state index in [2.05, 4.69) is 21.2 Å². The van der Waals surface area contributed by atoms with Gasteiger partial charge in [-0.3, -0.25) is 9.59 Å². The molecule has 0 aliphatic carbocycles. The average Bonchev–Trinajstić information content (AvgIpc) is 2.41. The van der Waals surface area contributed by atoms with Gasteiger partial charge >= 0.3 is 5.97 Å². The van der Waals surface area contributed by atoms with Gasteiger partial charge < -0.3 is 15.2 Å². The molecule has 0 aromatic heterocycles. The van der Waals surface area contributed by atoms with Crippen molar-refractivity contribution in [1.82, 2.24) is 5.32 Å². The minimum Gasteiger partial charge on any atom is -0.482 e. The standard InChI is InChI=1S/C14H17BrClNO4/c15-10-5-6-12(11(16)8-10)21-9-13(18)17-7-3-1-2-4-14(19)20/h5-6,8H,1-4,7,9H2,(H,17,18)(H,19,20). The van der Waals surface area contributed by atoms with Gasteiger partial charge in [0.25, 0.3) is 5.91 Å². The Hall–Kier alpha value is -1.27. The highest BCUT2D eigenvalue weighted by atomic mass is 79.9. The molecule has 0 atom stereocenters. The van der Waals surface area contributed by atoms with E-state index in [9.17, 15) is 9.59 Å². The molecule has 1 aromatic rings. The summed E-state index contributed by atoms with van der Waals surface area (Å²) in [5.74, 6) is -0.567. The number of halogens is 2. The van der Waals surface area contributed by atoms with Crippen molar-refractivity contribution in [2.24, 2.45) is 0 Å². The molecule has 0 saturated heterocycles. The van der Waals surface area contributed by atoms with Crippen LogP contribution in [0.15, 0.2) is 22.7 Å². The van der Waals surface area contributed by atoms with E-state index in [0.29, 0.717) is 23.7 Å². The summed E-state index contributed by atoms with van der Waals surface area (Å²) in [6.07, 6.45) is 2.30. The van der Waals surface area contributed by atoms with Crippen molar-refractivity contribution < 1.29 is 19.4 Å². The van der Waals surface area contributed by atoms with E-state index < -0.39 is 5.97 Å². The molecular formula is C14H17BrClNO4. The Labute approximate surface area is 136 Å². The Bertz CT molecular complexity index is 496. The number of hydrogen-bond donors (Lipinski definition) is 2. The van der Waals surface area contributed by atoms with Crippen LogP contribution in [-0.2, 0) is 9.59 Å². The normalized spacial score (nSPS) is 10.2. The van der Waals surface area contributed by atoms with E-state index in [1.54, 1.807) is 18.2 Å². The topological polar surface area (TPSA) is 75.6 Å². The Kier molecular flexibility index (Phi) is 8.15. The minimum absolute atomic E-state index is 0.101. The van der Waals surface area contributed by atoms with Gasteiger partial charge in [-0.25, -0.2) is 0 Å². The number of ether oxygens (including phenoxy) is 1. The molecule has 1 amide bonds. The molecule has 0 heterocycles. The molecule has 0 spiro atoms. The van der Waals surface area contributed by atoms with Crippen molar-refractivity contribution in [2.45, 2.75) is 25.7 Å². The number of carboxylic acid groups (broad SMARTS) is 1. The number of carbonyl (C=O) groups excluding carboxylic acids is 1. The summed E-state index contributed by atoms with van der Waals surface area (Å²) in [5, 5.41) is 11.6. The second-order valence-electron chi connectivity index (χ2n) is 4.42. The fourth-order valence-corrected chi connectivity index (χ4v) is 2.32. The van der Waals surface area contributed by atoms with Gasteiger partial charge in [-0.1, -0.05) is 34.0 Å². The molecule has 0 bridgehead atoms. The lowest BCUT2D eigenvalue weighted by molar-refractivity contribution is -0.137. The van der Waals surface area contributed by atoms with Gasteiger partial charge in [-0.15, -0.1) is 0 Å². The van der Waals surface area contributed by atoms with Crippen LogP contribution in [0, 0.1) is 0 Å². The lowest BCUT2D eigenvalue weighted by atomic mass is 10.2. The first-order valence-electron chi connectivity index (χ1n) is 6.55. The van der Waals surface area contributed by atoms with Gasteiger partial charge in [-0.2, -0.15) is 0 Å². The van der Waals surface area contributed by atoms with Crippen LogP contribution in [0.4, 0.5) is 0 Å². The second kappa shape index (κ2) is 9.63.